The van der Waals surface area contributed by atoms with Crippen molar-refractivity contribution >= 4 is 22.2 Å². The first kappa shape index (κ1) is 121. The first-order chi connectivity index (χ1) is 51.8. The van der Waals surface area contributed by atoms with Gasteiger partial charge in [-0.05, 0) is 156 Å². The minimum absolute atomic E-state index is 0. The number of alkyl halides is 14. The molecule has 0 aliphatic carbocycles. The predicted octanol–water partition coefficient (Wildman–Crippen LogP) is 13.1. The third-order valence-electron chi connectivity index (χ3n) is 8.82. The maximum atomic E-state index is 14.8. The average molecular weight is 1580 g/mol. The highest BCUT2D eigenvalue weighted by Gasteiger charge is 2.79. The van der Waals surface area contributed by atoms with Crippen LogP contribution in [0.4, 0.5) is 61.5 Å². The lowest BCUT2D eigenvalue weighted by molar-refractivity contribution is -0.488. The van der Waals surface area contributed by atoms with E-state index in [9.17, 15) is 71.1 Å². The third kappa shape index (κ3) is 78.6. The average Bonchev–Trinajstić information content (AvgIpc) is 0.867. The zero-order chi connectivity index (χ0) is 83.1. The number of halogens is 14. The molecule has 0 aromatic rings. The van der Waals surface area contributed by atoms with E-state index < -0.39 is 78.8 Å². The number of amides is 1. The third-order valence-corrected chi connectivity index (χ3v) is 9.40. The fraction of sp³-hybridized carbons (Fsp3) is 0.355. The van der Waals surface area contributed by atoms with Gasteiger partial charge in [-0.3, -0.25) is 14.3 Å². The molecule has 1 amide bonds. The minimum Gasteiger partial charge on any atom is -0.428 e. The van der Waals surface area contributed by atoms with Gasteiger partial charge in [-0.15, -0.1) is 0 Å². The summed E-state index contributed by atoms with van der Waals surface area (Å²) in [6.45, 7) is 19.4. The van der Waals surface area contributed by atoms with Crippen LogP contribution in [0, 0.1) is 349 Å². The molecule has 0 bridgehead atoms. The largest absolute Gasteiger partial charge is 0.462 e. The molecule has 0 aromatic heterocycles. The molecular formula is C93H75F14NO5Si. The zero-order valence-corrected chi connectivity index (χ0v) is 62.0. The van der Waals surface area contributed by atoms with Crippen molar-refractivity contribution in [3.05, 3.63) is 0 Å². The SMILES string of the molecule is C.C.C.C.C.C1CCOC1.CC#CC#CC#CC#CC#CC#CC#CC#CC#CC#CC#CC#CC#CC#CC#CC#CC#CC#CC#CC#CC#CC#CC#CC#CC#CC#CC#CC#CC#CC.CC(=O)CC(C)(C)NC(=O)C(CCC(F)(F)F)C(F)(OC(F)(F)C(F)(F)C(F)(F)F)C(F)(F)F.CCC.CCC.CCO[SiH3]. The van der Waals surface area contributed by atoms with Crippen molar-refractivity contribution in [2.45, 2.75) is 193 Å². The van der Waals surface area contributed by atoms with Gasteiger partial charge in [-0.1, -0.05) is 89.5 Å². The van der Waals surface area contributed by atoms with E-state index in [1.807, 2.05) is 6.92 Å². The number of carbonyl (C=O) groups is 2. The maximum absolute atomic E-state index is 14.8. The Morgan fingerprint density at radius 2 is 0.570 bits per heavy atom. The molecule has 2 unspecified atom stereocenters. The summed E-state index contributed by atoms with van der Waals surface area (Å²) in [7, 11) is 0.890. The number of hydrogen-bond donors (Lipinski definition) is 1. The molecule has 0 aromatic carbocycles. The summed E-state index contributed by atoms with van der Waals surface area (Å²) in [6.07, 6.45) is -27.6. The van der Waals surface area contributed by atoms with Gasteiger partial charge >= 0.3 is 36.4 Å². The zero-order valence-electron chi connectivity index (χ0n) is 60.0. The van der Waals surface area contributed by atoms with Gasteiger partial charge in [0.05, 0.1) is 0 Å². The normalized spacial score (nSPS) is 8.88. The molecule has 1 heterocycles. The number of hydrogen-bond acceptors (Lipinski definition) is 5. The van der Waals surface area contributed by atoms with Gasteiger partial charge < -0.3 is 14.5 Å². The molecule has 1 aliphatic rings. The van der Waals surface area contributed by atoms with Crippen LogP contribution in [0.1, 0.15) is 151 Å². The Hall–Kier alpha value is -14.5. The van der Waals surface area contributed by atoms with Gasteiger partial charge in [0, 0.05) is 275 Å². The van der Waals surface area contributed by atoms with Crippen molar-refractivity contribution in [2.24, 2.45) is 5.92 Å². The lowest BCUT2D eigenvalue weighted by Crippen LogP contribution is -2.64. The van der Waals surface area contributed by atoms with E-state index in [2.05, 4.69) is 380 Å². The predicted molar refractivity (Wildman–Crippen MR) is 427 cm³/mol. The molecule has 1 fully saturated rings. The fourth-order valence-corrected chi connectivity index (χ4v) is 4.95. The van der Waals surface area contributed by atoms with Crippen molar-refractivity contribution in [3.8, 4) is 343 Å². The lowest BCUT2D eigenvalue weighted by Gasteiger charge is -2.39. The van der Waals surface area contributed by atoms with Crippen LogP contribution in [0.25, 0.3) is 0 Å². The van der Waals surface area contributed by atoms with Gasteiger partial charge in [0.1, 0.15) is 22.2 Å². The van der Waals surface area contributed by atoms with E-state index in [0.717, 1.165) is 51.1 Å². The van der Waals surface area contributed by atoms with Crippen LogP contribution in [-0.4, -0.2) is 84.0 Å². The highest BCUT2D eigenvalue weighted by molar-refractivity contribution is 5.97. The summed E-state index contributed by atoms with van der Waals surface area (Å²) >= 11 is 0. The van der Waals surface area contributed by atoms with E-state index in [1.54, 1.807) is 13.8 Å². The summed E-state index contributed by atoms with van der Waals surface area (Å²) in [5.41, 5.74) is -1.94. The van der Waals surface area contributed by atoms with Crippen molar-refractivity contribution in [2.75, 3.05) is 19.8 Å². The summed E-state index contributed by atoms with van der Waals surface area (Å²) in [6, 6.07) is 0. The second-order valence-electron chi connectivity index (χ2n) is 18.6. The fourth-order valence-electron chi connectivity index (χ4n) is 4.95. The Morgan fingerprint density at radius 1 is 0.377 bits per heavy atom. The quantitative estimate of drug-likeness (QED) is 0.127. The van der Waals surface area contributed by atoms with E-state index in [4.69, 9.17) is 4.74 Å². The molecular weight excluding hydrogens is 1510 g/mol. The smallest absolute Gasteiger partial charge is 0.428 e. The summed E-state index contributed by atoms with van der Waals surface area (Å²) in [5, 5.41) is 1.45. The van der Waals surface area contributed by atoms with Crippen LogP contribution in [0.5, 0.6) is 0 Å². The van der Waals surface area contributed by atoms with Crippen molar-refractivity contribution < 1.29 is 85.0 Å². The molecule has 1 rings (SSSR count). The summed E-state index contributed by atoms with van der Waals surface area (Å²) < 4.78 is 194. The first-order valence-corrected chi connectivity index (χ1v) is 31.1. The second kappa shape index (κ2) is 79.5. The Kier molecular flexibility index (Phi) is 84.1. The van der Waals surface area contributed by atoms with Crippen LogP contribution in [0.2, 0.25) is 0 Å². The van der Waals surface area contributed by atoms with Crippen LogP contribution < -0.4 is 5.32 Å². The van der Waals surface area contributed by atoms with E-state index in [0.29, 0.717) is 0 Å². The van der Waals surface area contributed by atoms with Crippen LogP contribution in [-0.2, 0) is 23.5 Å². The molecule has 1 N–H and O–H groups in total. The Labute approximate surface area is 671 Å². The molecule has 6 nitrogen and oxygen atoms in total. The first-order valence-electron chi connectivity index (χ1n) is 30.3. The number of ketones is 1. The Balaban J connectivity index is -0.000000210. The van der Waals surface area contributed by atoms with Crippen LogP contribution in [0.3, 0.4) is 0 Å². The Morgan fingerprint density at radius 3 is 0.702 bits per heavy atom. The molecule has 2 atom stereocenters. The highest BCUT2D eigenvalue weighted by Crippen LogP contribution is 2.53. The molecule has 1 aliphatic heterocycles. The molecule has 0 spiro atoms. The van der Waals surface area contributed by atoms with Gasteiger partial charge in [0.15, 0.2) is 0 Å². The van der Waals surface area contributed by atoms with Crippen molar-refractivity contribution in [1.29, 1.82) is 0 Å². The van der Waals surface area contributed by atoms with Gasteiger partial charge in [-0.2, -0.15) is 57.1 Å². The summed E-state index contributed by atoms with van der Waals surface area (Å²) in [4.78, 5) is 23.4. The molecule has 584 valence electrons. The number of rotatable bonds is 11. The topological polar surface area (TPSA) is 73.9 Å². The molecule has 1 saturated heterocycles. The monoisotopic (exact) mass is 1580 g/mol. The number of nitrogens with one attached hydrogen (secondary N) is 1. The van der Waals surface area contributed by atoms with E-state index in [1.165, 1.54) is 31.0 Å². The molecule has 114 heavy (non-hydrogen) atoms. The second-order valence-corrected chi connectivity index (χ2v) is 19.2. The van der Waals surface area contributed by atoms with Crippen LogP contribution >= 0.6 is 0 Å². The van der Waals surface area contributed by atoms with E-state index in [-0.39, 0.29) is 37.1 Å². The van der Waals surface area contributed by atoms with Gasteiger partial charge in [0.2, 0.25) is 5.91 Å². The number of Topliss-reactive ketones (excluding diaryl/α,β-unsaturated/α-hetero) is 1. The molecule has 0 radical (unpaired) electrons. The van der Waals surface area contributed by atoms with Gasteiger partial charge in [0.25, 0.3) is 0 Å². The molecule has 21 heteroatoms. The number of ether oxygens (including phenoxy) is 2. The van der Waals surface area contributed by atoms with E-state index >= 15 is 0 Å². The highest BCUT2D eigenvalue weighted by atomic mass is 28.2. The van der Waals surface area contributed by atoms with Crippen LogP contribution in [0.15, 0.2) is 0 Å². The minimum atomic E-state index is -7.46. The number of carbonyl (C=O) groups excluding carboxylic acids is 2. The Bertz CT molecular complexity index is 4930. The van der Waals surface area contributed by atoms with Crippen molar-refractivity contribution in [1.82, 2.24) is 5.32 Å². The molecule has 0 saturated carbocycles. The maximum Gasteiger partial charge on any atom is 0.462 e. The lowest BCUT2D eigenvalue weighted by atomic mass is 9.90. The summed E-state index contributed by atoms with van der Waals surface area (Å²) in [5.74, 6) is 124. The van der Waals surface area contributed by atoms with Gasteiger partial charge in [-0.25, -0.2) is 4.39 Å². The van der Waals surface area contributed by atoms with Crippen molar-refractivity contribution in [3.63, 3.8) is 0 Å². The standard InChI is InChI=1S/C60H6.C16H17F14NO3.C4H8O.2C3H8.C2H8OSi.5CH4/c1-3-5-7-9-11-13-15-17-19-21-23-25-27-29-31-33-35-37-39-41-43-45-47-49-51-53-55-57-59-60-58-56-54-52-50-48-46-44-42-40-38-36-34-32-30-28-26-24-22-20-18-16-14-12-10-8-6-4-2;1-7(32)6-10(2,3)31-9(33)8(4-5-11(17,18)19)12(20,14(23,24)25)34-16(29,30)13(21,22)15(26,27)28;1-2-4-5-3-1;2*1-3-2;1-2-3-4;;;;;/h1-2H3;8H,4-6H2,1-3H3,(H,31,33);1-4H2;2*3H2,1-2H3;2H2,1,4H3;5*1H4.